The molecule has 0 bridgehead atoms. The zero-order chi connectivity index (χ0) is 38.9. The third-order valence-corrected chi connectivity index (χ3v) is 9.30. The van der Waals surface area contributed by atoms with Gasteiger partial charge in [-0.05, 0) is 64.2 Å². The first-order valence-corrected chi connectivity index (χ1v) is 22.0. The van der Waals surface area contributed by atoms with E-state index in [0.717, 1.165) is 77.0 Å². The number of allylic oxidation sites excluding steroid dienone is 4. The SMILES string of the molecule is CCCCCCCC/C=C\CCCCCCCC(=O)OCC(COC(=O)CCCCCCC/C=C\CCCCCCCC)OC(=O)CCC(=O)OCCl. The highest BCUT2D eigenvalue weighted by atomic mass is 35.5. The molecule has 0 heterocycles. The number of hydrogen-bond donors (Lipinski definition) is 0. The molecule has 0 saturated heterocycles. The average molecular weight is 770 g/mol. The third-order valence-electron chi connectivity index (χ3n) is 9.19. The fraction of sp³-hybridized carbons (Fsp3) is 0.818. The lowest BCUT2D eigenvalue weighted by Crippen LogP contribution is -2.31. The van der Waals surface area contributed by atoms with Crippen molar-refractivity contribution in [3.05, 3.63) is 24.3 Å². The highest BCUT2D eigenvalue weighted by Crippen LogP contribution is 2.13. The van der Waals surface area contributed by atoms with Crippen LogP contribution < -0.4 is 0 Å². The fourth-order valence-electron chi connectivity index (χ4n) is 5.89. The average Bonchev–Trinajstić information content (AvgIpc) is 3.15. The number of esters is 4. The fourth-order valence-corrected chi connectivity index (χ4v) is 6.02. The largest absolute Gasteiger partial charge is 0.462 e. The monoisotopic (exact) mass is 769 g/mol. The molecule has 0 N–H and O–H groups in total. The van der Waals surface area contributed by atoms with Gasteiger partial charge >= 0.3 is 23.9 Å². The predicted molar refractivity (Wildman–Crippen MR) is 217 cm³/mol. The van der Waals surface area contributed by atoms with Crippen LogP contribution in [0.4, 0.5) is 0 Å². The quantitative estimate of drug-likeness (QED) is 0.0200. The Bertz CT molecular complexity index is 878. The molecule has 8 nitrogen and oxygen atoms in total. The summed E-state index contributed by atoms with van der Waals surface area (Å²) in [6, 6.07) is -0.296. The Morgan fingerprint density at radius 3 is 1.11 bits per heavy atom. The Balaban J connectivity index is 4.22. The summed E-state index contributed by atoms with van der Waals surface area (Å²) in [6.45, 7) is 4.05. The Labute approximate surface area is 328 Å². The van der Waals surface area contributed by atoms with E-state index in [0.29, 0.717) is 0 Å². The third kappa shape index (κ3) is 39.2. The van der Waals surface area contributed by atoms with Crippen LogP contribution in [0.3, 0.4) is 0 Å². The van der Waals surface area contributed by atoms with E-state index < -0.39 is 18.0 Å². The van der Waals surface area contributed by atoms with Crippen molar-refractivity contribution in [2.24, 2.45) is 0 Å². The summed E-state index contributed by atoms with van der Waals surface area (Å²) in [5.41, 5.74) is 0. The number of unbranched alkanes of at least 4 members (excludes halogenated alkanes) is 22. The normalized spacial score (nSPS) is 11.5. The summed E-state index contributed by atoms with van der Waals surface area (Å²) >= 11 is 5.39. The standard InChI is InChI=1S/C44H77ClO8/c1-3-5-7-9-11-13-15-17-19-21-23-25-27-29-31-33-41(46)50-37-40(53-44(49)36-35-43(48)52-39-45)38-51-42(47)34-32-30-28-26-24-22-20-18-16-14-12-10-8-6-4-2/h17-20,40H,3-16,21-39H2,1-2H3/b19-17-,20-18-. The number of carbonyl (C=O) groups excluding carboxylic acids is 4. The van der Waals surface area contributed by atoms with E-state index >= 15 is 0 Å². The molecule has 0 aliphatic heterocycles. The Morgan fingerprint density at radius 1 is 0.415 bits per heavy atom. The van der Waals surface area contributed by atoms with Gasteiger partial charge in [-0.1, -0.05) is 152 Å². The molecule has 0 saturated carbocycles. The predicted octanol–water partition coefficient (Wildman–Crippen LogP) is 12.6. The number of rotatable bonds is 39. The van der Waals surface area contributed by atoms with Crippen LogP contribution in [0.25, 0.3) is 0 Å². The summed E-state index contributed by atoms with van der Waals surface area (Å²) in [5, 5.41) is 0. The van der Waals surface area contributed by atoms with Crippen molar-refractivity contribution >= 4 is 35.5 Å². The van der Waals surface area contributed by atoms with Gasteiger partial charge in [0.1, 0.15) is 13.2 Å². The second kappa shape index (κ2) is 40.8. The molecule has 53 heavy (non-hydrogen) atoms. The van der Waals surface area contributed by atoms with Crippen LogP contribution in [0.2, 0.25) is 0 Å². The molecule has 0 fully saturated rings. The van der Waals surface area contributed by atoms with Gasteiger partial charge in [0.2, 0.25) is 0 Å². The van der Waals surface area contributed by atoms with Crippen molar-refractivity contribution in [1.29, 1.82) is 0 Å². The zero-order valence-corrected chi connectivity index (χ0v) is 34.6. The van der Waals surface area contributed by atoms with Crippen molar-refractivity contribution in [1.82, 2.24) is 0 Å². The maximum atomic E-state index is 12.4. The van der Waals surface area contributed by atoms with E-state index in [-0.39, 0.29) is 56.9 Å². The Kier molecular flexibility index (Phi) is 39.0. The number of carbonyl (C=O) groups is 4. The summed E-state index contributed by atoms with van der Waals surface area (Å²) < 4.78 is 20.8. The number of halogens is 1. The molecular formula is C44H77ClO8. The van der Waals surface area contributed by atoms with Crippen molar-refractivity contribution < 1.29 is 38.1 Å². The molecular weight excluding hydrogens is 692 g/mol. The summed E-state index contributed by atoms with van der Waals surface area (Å²) in [6.07, 6.45) is 39.0. The van der Waals surface area contributed by atoms with E-state index in [1.807, 2.05) is 0 Å². The van der Waals surface area contributed by atoms with Gasteiger partial charge < -0.3 is 18.9 Å². The maximum absolute atomic E-state index is 12.4. The lowest BCUT2D eigenvalue weighted by Gasteiger charge is -2.18. The van der Waals surface area contributed by atoms with Crippen LogP contribution in [-0.2, 0) is 38.1 Å². The van der Waals surface area contributed by atoms with E-state index in [1.54, 1.807) is 0 Å². The van der Waals surface area contributed by atoms with Gasteiger partial charge in [0.15, 0.2) is 12.2 Å². The van der Waals surface area contributed by atoms with E-state index in [2.05, 4.69) is 42.9 Å². The second-order valence-corrected chi connectivity index (χ2v) is 14.5. The molecule has 0 unspecified atom stereocenters. The lowest BCUT2D eigenvalue weighted by molar-refractivity contribution is -0.167. The molecule has 9 heteroatoms. The van der Waals surface area contributed by atoms with Crippen molar-refractivity contribution in [2.45, 2.75) is 213 Å². The summed E-state index contributed by atoms with van der Waals surface area (Å²) in [5.74, 6) is -2.06. The molecule has 0 aliphatic rings. The van der Waals surface area contributed by atoms with Gasteiger partial charge in [-0.2, -0.15) is 0 Å². The van der Waals surface area contributed by atoms with Crippen LogP contribution in [0, 0.1) is 0 Å². The zero-order valence-electron chi connectivity index (χ0n) is 33.9. The smallest absolute Gasteiger partial charge is 0.307 e. The van der Waals surface area contributed by atoms with Crippen molar-refractivity contribution in [3.63, 3.8) is 0 Å². The highest BCUT2D eigenvalue weighted by Gasteiger charge is 2.20. The van der Waals surface area contributed by atoms with E-state index in [9.17, 15) is 19.2 Å². The number of ether oxygens (including phenoxy) is 4. The molecule has 0 aromatic heterocycles. The lowest BCUT2D eigenvalue weighted by atomic mass is 10.1. The highest BCUT2D eigenvalue weighted by molar-refractivity contribution is 6.17. The molecule has 0 aliphatic carbocycles. The van der Waals surface area contributed by atoms with Crippen LogP contribution in [0.5, 0.6) is 0 Å². The molecule has 0 radical (unpaired) electrons. The van der Waals surface area contributed by atoms with Gasteiger partial charge in [-0.25, -0.2) is 0 Å². The van der Waals surface area contributed by atoms with Crippen LogP contribution in [0.15, 0.2) is 24.3 Å². The van der Waals surface area contributed by atoms with Gasteiger partial charge in [0, 0.05) is 12.8 Å². The molecule has 0 spiro atoms. The van der Waals surface area contributed by atoms with Crippen LogP contribution >= 0.6 is 11.6 Å². The first-order valence-electron chi connectivity index (χ1n) is 21.4. The van der Waals surface area contributed by atoms with Gasteiger partial charge in [-0.3, -0.25) is 19.2 Å². The Morgan fingerprint density at radius 2 is 0.736 bits per heavy atom. The molecule has 0 rings (SSSR count). The molecule has 308 valence electrons. The van der Waals surface area contributed by atoms with Crippen LogP contribution in [0.1, 0.15) is 206 Å². The van der Waals surface area contributed by atoms with Gasteiger partial charge in [-0.15, -0.1) is 0 Å². The topological polar surface area (TPSA) is 105 Å². The second-order valence-electron chi connectivity index (χ2n) is 14.3. The summed E-state index contributed by atoms with van der Waals surface area (Å²) in [4.78, 5) is 48.7. The minimum Gasteiger partial charge on any atom is -0.462 e. The van der Waals surface area contributed by atoms with Gasteiger partial charge in [0.05, 0.1) is 12.8 Å². The minimum atomic E-state index is -0.956. The van der Waals surface area contributed by atoms with Crippen LogP contribution in [-0.4, -0.2) is 49.3 Å². The molecule has 0 atom stereocenters. The first-order chi connectivity index (χ1) is 25.9. The minimum absolute atomic E-state index is 0.192. The van der Waals surface area contributed by atoms with E-state index in [1.165, 1.54) is 89.9 Å². The molecule has 0 amide bonds. The van der Waals surface area contributed by atoms with E-state index in [4.69, 9.17) is 25.8 Å². The Hall–Kier alpha value is -2.35. The number of alkyl halides is 1. The molecule has 0 aromatic carbocycles. The first kappa shape index (κ1) is 50.6. The molecule has 0 aromatic rings. The van der Waals surface area contributed by atoms with Crippen molar-refractivity contribution in [2.75, 3.05) is 19.3 Å². The van der Waals surface area contributed by atoms with Gasteiger partial charge in [0.25, 0.3) is 0 Å². The maximum Gasteiger partial charge on any atom is 0.307 e. The number of hydrogen-bond acceptors (Lipinski definition) is 8. The summed E-state index contributed by atoms with van der Waals surface area (Å²) in [7, 11) is 0. The van der Waals surface area contributed by atoms with Crippen molar-refractivity contribution in [3.8, 4) is 0 Å².